The van der Waals surface area contributed by atoms with Crippen molar-refractivity contribution in [3.8, 4) is 0 Å². The number of hydrogen-bond acceptors (Lipinski definition) is 3. The lowest BCUT2D eigenvalue weighted by atomic mass is 10.1. The van der Waals surface area contributed by atoms with Gasteiger partial charge in [-0.15, -0.1) is 0 Å². The number of rotatable bonds is 24. The molecular weight excluding hydrogens is 438 g/mol. The Kier molecular flexibility index (Phi) is 23.0. The molecular formula is C29H57N3O3. The maximum Gasteiger partial charge on any atom is 0.245 e. The topological polar surface area (TPSA) is 78.5 Å². The molecule has 0 rings (SSSR count). The summed E-state index contributed by atoms with van der Waals surface area (Å²) in [5, 5.41) is 6.04. The van der Waals surface area contributed by atoms with Crippen molar-refractivity contribution in [2.24, 2.45) is 0 Å². The van der Waals surface area contributed by atoms with Crippen molar-refractivity contribution in [3.05, 3.63) is 0 Å². The Hall–Kier alpha value is -1.59. The highest BCUT2D eigenvalue weighted by Gasteiger charge is 2.25. The van der Waals surface area contributed by atoms with Crippen LogP contribution in [0.3, 0.4) is 0 Å². The predicted octanol–water partition coefficient (Wildman–Crippen LogP) is 6.52. The Morgan fingerprint density at radius 1 is 0.600 bits per heavy atom. The third-order valence-electron chi connectivity index (χ3n) is 6.51. The maximum atomic E-state index is 13.4. The van der Waals surface area contributed by atoms with E-state index >= 15 is 0 Å². The van der Waals surface area contributed by atoms with Crippen molar-refractivity contribution >= 4 is 17.7 Å². The van der Waals surface area contributed by atoms with Gasteiger partial charge >= 0.3 is 0 Å². The van der Waals surface area contributed by atoms with Crippen LogP contribution in [0.2, 0.25) is 0 Å². The molecule has 0 saturated carbocycles. The zero-order valence-electron chi connectivity index (χ0n) is 23.6. The summed E-state index contributed by atoms with van der Waals surface area (Å²) in [5.41, 5.74) is 0. The summed E-state index contributed by atoms with van der Waals surface area (Å²) in [6, 6.07) is -0.502. The quantitative estimate of drug-likeness (QED) is 0.150. The van der Waals surface area contributed by atoms with E-state index in [2.05, 4.69) is 38.3 Å². The molecule has 0 aromatic carbocycles. The minimum Gasteiger partial charge on any atom is -0.356 e. The smallest absolute Gasteiger partial charge is 0.245 e. The Bertz CT molecular complexity index is 531. The maximum absolute atomic E-state index is 13.4. The standard InChI is InChI=1S/C29H57N3O3/c1-5-9-13-15-17-21-27(33)30-23-19-20-26(31-28(34)22-18-16-14-10-6-2)29(35)32(24-11-7-3)25-12-8-4/h26H,5-25H2,1-4H3,(H,30,33)(H,31,34)/t26-/m0/s1. The van der Waals surface area contributed by atoms with Gasteiger partial charge < -0.3 is 15.5 Å². The molecule has 0 aromatic heterocycles. The molecule has 3 amide bonds. The number of amides is 3. The van der Waals surface area contributed by atoms with Gasteiger partial charge in [-0.2, -0.15) is 0 Å². The second-order valence-corrected chi connectivity index (χ2v) is 9.97. The van der Waals surface area contributed by atoms with Gasteiger partial charge in [-0.1, -0.05) is 91.9 Å². The largest absolute Gasteiger partial charge is 0.356 e. The summed E-state index contributed by atoms with van der Waals surface area (Å²) in [4.78, 5) is 40.1. The van der Waals surface area contributed by atoms with Crippen molar-refractivity contribution in [2.45, 2.75) is 149 Å². The molecule has 0 aliphatic rings. The number of carbonyl (C=O) groups is 3. The molecule has 0 aliphatic carbocycles. The monoisotopic (exact) mass is 495 g/mol. The first-order chi connectivity index (χ1) is 17.0. The first-order valence-corrected chi connectivity index (χ1v) is 14.8. The van der Waals surface area contributed by atoms with Crippen LogP contribution in [-0.2, 0) is 14.4 Å². The predicted molar refractivity (Wildman–Crippen MR) is 147 cm³/mol. The molecule has 1 atom stereocenters. The van der Waals surface area contributed by atoms with Gasteiger partial charge in [0, 0.05) is 32.5 Å². The average molecular weight is 496 g/mol. The highest BCUT2D eigenvalue weighted by atomic mass is 16.2. The minimum absolute atomic E-state index is 0.0260. The third kappa shape index (κ3) is 19.3. The highest BCUT2D eigenvalue weighted by Crippen LogP contribution is 2.10. The molecule has 0 fully saturated rings. The summed E-state index contributed by atoms with van der Waals surface area (Å²) in [7, 11) is 0. The average Bonchev–Trinajstić information content (AvgIpc) is 2.85. The number of hydrogen-bond donors (Lipinski definition) is 2. The zero-order valence-corrected chi connectivity index (χ0v) is 23.6. The van der Waals surface area contributed by atoms with Gasteiger partial charge in [-0.05, 0) is 38.5 Å². The van der Waals surface area contributed by atoms with Gasteiger partial charge in [0.05, 0.1) is 0 Å². The number of nitrogens with one attached hydrogen (secondary N) is 2. The van der Waals surface area contributed by atoms with E-state index < -0.39 is 6.04 Å². The molecule has 0 spiro atoms. The van der Waals surface area contributed by atoms with Crippen LogP contribution in [0.1, 0.15) is 143 Å². The molecule has 0 aliphatic heterocycles. The molecule has 6 heteroatoms. The molecule has 0 heterocycles. The van der Waals surface area contributed by atoms with Crippen LogP contribution >= 0.6 is 0 Å². The minimum atomic E-state index is -0.502. The summed E-state index contributed by atoms with van der Waals surface area (Å²) < 4.78 is 0. The molecule has 6 nitrogen and oxygen atoms in total. The van der Waals surface area contributed by atoms with Crippen molar-refractivity contribution in [2.75, 3.05) is 19.6 Å². The number of nitrogens with zero attached hydrogens (tertiary/aromatic N) is 1. The van der Waals surface area contributed by atoms with Gasteiger partial charge in [0.2, 0.25) is 17.7 Å². The summed E-state index contributed by atoms with van der Waals surface area (Å²) >= 11 is 0. The fourth-order valence-electron chi connectivity index (χ4n) is 4.18. The molecule has 206 valence electrons. The molecule has 0 unspecified atom stereocenters. The van der Waals surface area contributed by atoms with E-state index in [1.807, 2.05) is 4.90 Å². The Morgan fingerprint density at radius 3 is 1.60 bits per heavy atom. The van der Waals surface area contributed by atoms with E-state index in [9.17, 15) is 14.4 Å². The molecule has 0 radical (unpaired) electrons. The van der Waals surface area contributed by atoms with Gasteiger partial charge in [0.1, 0.15) is 6.04 Å². The van der Waals surface area contributed by atoms with Crippen molar-refractivity contribution in [1.82, 2.24) is 15.5 Å². The molecule has 0 bridgehead atoms. The lowest BCUT2D eigenvalue weighted by Crippen LogP contribution is -2.49. The summed E-state index contributed by atoms with van der Waals surface area (Å²) in [5.74, 6) is 0.100. The second-order valence-electron chi connectivity index (χ2n) is 9.97. The van der Waals surface area contributed by atoms with Crippen LogP contribution in [0.4, 0.5) is 0 Å². The first kappa shape index (κ1) is 33.4. The highest BCUT2D eigenvalue weighted by molar-refractivity contribution is 5.87. The van der Waals surface area contributed by atoms with E-state index in [1.165, 1.54) is 32.1 Å². The summed E-state index contributed by atoms with van der Waals surface area (Å²) in [6.07, 6.45) is 17.5. The lowest BCUT2D eigenvalue weighted by molar-refractivity contribution is -0.136. The Labute approximate surface area is 216 Å². The SMILES string of the molecule is CCCCCCCC(=O)NCCC[C@H](NC(=O)CCCCCCC)C(=O)N(CCCC)CCCC. The van der Waals surface area contributed by atoms with Crippen LogP contribution in [-0.4, -0.2) is 48.3 Å². The molecule has 0 saturated heterocycles. The van der Waals surface area contributed by atoms with Gasteiger partial charge in [-0.25, -0.2) is 0 Å². The van der Waals surface area contributed by atoms with Crippen LogP contribution in [0, 0.1) is 0 Å². The molecule has 2 N–H and O–H groups in total. The first-order valence-electron chi connectivity index (χ1n) is 14.8. The third-order valence-corrected chi connectivity index (χ3v) is 6.51. The molecule has 35 heavy (non-hydrogen) atoms. The molecule has 0 aromatic rings. The van der Waals surface area contributed by atoms with Crippen LogP contribution < -0.4 is 10.6 Å². The lowest BCUT2D eigenvalue weighted by Gasteiger charge is -2.28. The van der Waals surface area contributed by atoms with E-state index in [1.54, 1.807) is 0 Å². The van der Waals surface area contributed by atoms with E-state index in [-0.39, 0.29) is 17.7 Å². The Morgan fingerprint density at radius 2 is 1.09 bits per heavy atom. The van der Waals surface area contributed by atoms with E-state index in [0.29, 0.717) is 32.2 Å². The van der Waals surface area contributed by atoms with Gasteiger partial charge in [0.25, 0.3) is 0 Å². The number of unbranched alkanes of at least 4 members (excludes halogenated alkanes) is 10. The van der Waals surface area contributed by atoms with Crippen LogP contribution in [0.5, 0.6) is 0 Å². The summed E-state index contributed by atoms with van der Waals surface area (Å²) in [6.45, 7) is 10.7. The van der Waals surface area contributed by atoms with Crippen molar-refractivity contribution < 1.29 is 14.4 Å². The van der Waals surface area contributed by atoms with Gasteiger partial charge in [-0.3, -0.25) is 14.4 Å². The fourth-order valence-corrected chi connectivity index (χ4v) is 4.18. The van der Waals surface area contributed by atoms with Crippen LogP contribution in [0.15, 0.2) is 0 Å². The fraction of sp³-hybridized carbons (Fsp3) is 0.897. The normalized spacial score (nSPS) is 11.8. The van der Waals surface area contributed by atoms with E-state index in [4.69, 9.17) is 0 Å². The van der Waals surface area contributed by atoms with Crippen molar-refractivity contribution in [1.29, 1.82) is 0 Å². The number of carbonyl (C=O) groups excluding carboxylic acids is 3. The van der Waals surface area contributed by atoms with Crippen LogP contribution in [0.25, 0.3) is 0 Å². The zero-order chi connectivity index (χ0) is 26.2. The Balaban J connectivity index is 4.75. The van der Waals surface area contributed by atoms with Gasteiger partial charge in [0.15, 0.2) is 0 Å². The van der Waals surface area contributed by atoms with E-state index in [0.717, 1.165) is 70.9 Å². The van der Waals surface area contributed by atoms with Crippen molar-refractivity contribution in [3.63, 3.8) is 0 Å². The second kappa shape index (κ2) is 24.1.